The third-order valence-electron chi connectivity index (χ3n) is 4.33. The van der Waals surface area contributed by atoms with Gasteiger partial charge in [0, 0.05) is 21.1 Å². The molecule has 9 heteroatoms. The number of rotatable bonds is 5. The fourth-order valence-corrected chi connectivity index (χ4v) is 4.11. The average Bonchev–Trinajstić information content (AvgIpc) is 2.67. The van der Waals surface area contributed by atoms with Gasteiger partial charge >= 0.3 is 0 Å². The number of nitrogen functional groups attached to an aromatic ring is 1. The van der Waals surface area contributed by atoms with Crippen molar-refractivity contribution >= 4 is 60.0 Å². The van der Waals surface area contributed by atoms with E-state index in [9.17, 15) is 8.42 Å². The van der Waals surface area contributed by atoms with Gasteiger partial charge in [-0.05, 0) is 42.0 Å². The van der Waals surface area contributed by atoms with E-state index in [4.69, 9.17) is 5.73 Å². The molecule has 0 radical (unpaired) electrons. The van der Waals surface area contributed by atoms with Crippen LogP contribution in [0, 0.1) is 0 Å². The van der Waals surface area contributed by atoms with E-state index in [2.05, 4.69) is 35.9 Å². The van der Waals surface area contributed by atoms with Gasteiger partial charge in [-0.2, -0.15) is 4.98 Å². The van der Waals surface area contributed by atoms with Gasteiger partial charge in [-0.3, -0.25) is 4.72 Å². The molecule has 1 heterocycles. The van der Waals surface area contributed by atoms with Crippen molar-refractivity contribution in [1.82, 2.24) is 9.97 Å². The van der Waals surface area contributed by atoms with Crippen LogP contribution >= 0.6 is 15.9 Å². The number of nitrogens with one attached hydrogen (secondary N) is 2. The Kier molecular flexibility index (Phi) is 5.31. The first-order valence-corrected chi connectivity index (χ1v) is 11.6. The summed E-state index contributed by atoms with van der Waals surface area (Å²) in [5.41, 5.74) is 9.48. The zero-order valence-corrected chi connectivity index (χ0v) is 18.3. The molecule has 3 aromatic carbocycles. The molecule has 0 aliphatic carbocycles. The van der Waals surface area contributed by atoms with E-state index < -0.39 is 10.0 Å². The van der Waals surface area contributed by atoms with Crippen LogP contribution in [0.5, 0.6) is 0 Å². The summed E-state index contributed by atoms with van der Waals surface area (Å²) in [5, 5.41) is 4.05. The van der Waals surface area contributed by atoms with Gasteiger partial charge in [0.05, 0.1) is 17.5 Å². The molecule has 0 saturated carbocycles. The number of anilines is 4. The number of aromatic nitrogens is 2. The molecule has 4 aromatic rings. The van der Waals surface area contributed by atoms with Crippen molar-refractivity contribution in [1.29, 1.82) is 0 Å². The molecule has 0 aliphatic heterocycles. The molecule has 0 saturated heterocycles. The average molecular weight is 484 g/mol. The van der Waals surface area contributed by atoms with Gasteiger partial charge in [0.2, 0.25) is 16.0 Å². The van der Waals surface area contributed by atoms with Crippen LogP contribution in [-0.4, -0.2) is 24.6 Å². The van der Waals surface area contributed by atoms with Crippen LogP contribution < -0.4 is 15.8 Å². The molecule has 0 aliphatic rings. The highest BCUT2D eigenvalue weighted by atomic mass is 79.9. The minimum atomic E-state index is -3.42. The van der Waals surface area contributed by atoms with Crippen LogP contribution in [0.25, 0.3) is 22.0 Å². The molecule has 152 valence electrons. The Hall–Kier alpha value is -3.17. The summed E-state index contributed by atoms with van der Waals surface area (Å²) >= 11 is 3.46. The van der Waals surface area contributed by atoms with Gasteiger partial charge in [0.1, 0.15) is 5.82 Å². The van der Waals surface area contributed by atoms with Crippen molar-refractivity contribution in [3.8, 4) is 11.1 Å². The second-order valence-electron chi connectivity index (χ2n) is 6.72. The SMILES string of the molecule is CS(=O)(=O)Nc1ccccc1-c1ccc2nc(N)nc(Nc3cccc(Br)c3)c2c1. The number of hydrogen-bond donors (Lipinski definition) is 3. The molecule has 4 rings (SSSR count). The van der Waals surface area contributed by atoms with Crippen molar-refractivity contribution in [2.75, 3.05) is 22.0 Å². The van der Waals surface area contributed by atoms with E-state index in [0.717, 1.165) is 32.9 Å². The number of hydrogen-bond acceptors (Lipinski definition) is 6. The molecule has 0 atom stereocenters. The highest BCUT2D eigenvalue weighted by Gasteiger charge is 2.12. The first kappa shape index (κ1) is 20.1. The van der Waals surface area contributed by atoms with Crippen LogP contribution in [0.4, 0.5) is 23.1 Å². The first-order valence-electron chi connectivity index (χ1n) is 8.95. The van der Waals surface area contributed by atoms with Gasteiger partial charge in [-0.15, -0.1) is 0 Å². The fourth-order valence-electron chi connectivity index (χ4n) is 3.14. The van der Waals surface area contributed by atoms with E-state index in [1.165, 1.54) is 0 Å². The van der Waals surface area contributed by atoms with Crippen molar-refractivity contribution in [2.24, 2.45) is 0 Å². The lowest BCUT2D eigenvalue weighted by molar-refractivity contribution is 0.607. The Morgan fingerprint density at radius 2 is 1.77 bits per heavy atom. The highest BCUT2D eigenvalue weighted by molar-refractivity contribution is 9.10. The quantitative estimate of drug-likeness (QED) is 0.377. The number of benzene rings is 3. The summed E-state index contributed by atoms with van der Waals surface area (Å²) in [6.45, 7) is 0. The van der Waals surface area contributed by atoms with Crippen molar-refractivity contribution < 1.29 is 8.42 Å². The Labute approximate surface area is 182 Å². The molecule has 7 nitrogen and oxygen atoms in total. The van der Waals surface area contributed by atoms with Crippen LogP contribution in [0.3, 0.4) is 0 Å². The molecular weight excluding hydrogens is 466 g/mol. The maximum atomic E-state index is 11.8. The summed E-state index contributed by atoms with van der Waals surface area (Å²) in [4.78, 5) is 8.69. The van der Waals surface area contributed by atoms with Gasteiger partial charge in [-0.1, -0.05) is 46.3 Å². The van der Waals surface area contributed by atoms with Crippen LogP contribution in [0.15, 0.2) is 71.2 Å². The number of halogens is 1. The second kappa shape index (κ2) is 7.92. The normalized spacial score (nSPS) is 11.4. The minimum Gasteiger partial charge on any atom is -0.368 e. The van der Waals surface area contributed by atoms with Gasteiger partial charge < -0.3 is 11.1 Å². The summed E-state index contributed by atoms with van der Waals surface area (Å²) < 4.78 is 27.0. The minimum absolute atomic E-state index is 0.159. The Morgan fingerprint density at radius 1 is 0.967 bits per heavy atom. The Balaban J connectivity index is 1.84. The molecule has 0 bridgehead atoms. The fraction of sp³-hybridized carbons (Fsp3) is 0.0476. The van der Waals surface area contributed by atoms with E-state index in [1.54, 1.807) is 12.1 Å². The maximum absolute atomic E-state index is 11.8. The Morgan fingerprint density at radius 3 is 2.53 bits per heavy atom. The number of sulfonamides is 1. The topological polar surface area (TPSA) is 110 Å². The van der Waals surface area contributed by atoms with Crippen molar-refractivity contribution in [2.45, 2.75) is 0 Å². The molecule has 0 fully saturated rings. The summed E-state index contributed by atoms with van der Waals surface area (Å²) in [7, 11) is -3.42. The summed E-state index contributed by atoms with van der Waals surface area (Å²) in [6.07, 6.45) is 1.13. The lowest BCUT2D eigenvalue weighted by Crippen LogP contribution is -2.10. The predicted octanol–water partition coefficient (Wildman–Crippen LogP) is 4.76. The third-order valence-corrected chi connectivity index (χ3v) is 5.42. The van der Waals surface area contributed by atoms with Crippen molar-refractivity contribution in [3.63, 3.8) is 0 Å². The number of para-hydroxylation sites is 1. The van der Waals surface area contributed by atoms with E-state index in [1.807, 2.05) is 54.6 Å². The summed E-state index contributed by atoms with van der Waals surface area (Å²) in [6, 6.07) is 20.5. The zero-order valence-electron chi connectivity index (χ0n) is 15.9. The smallest absolute Gasteiger partial charge is 0.229 e. The van der Waals surface area contributed by atoms with Gasteiger partial charge in [0.15, 0.2) is 0 Å². The Bertz CT molecular complexity index is 1360. The molecule has 30 heavy (non-hydrogen) atoms. The van der Waals surface area contributed by atoms with Gasteiger partial charge in [0.25, 0.3) is 0 Å². The molecule has 0 spiro atoms. The van der Waals surface area contributed by atoms with E-state index >= 15 is 0 Å². The van der Waals surface area contributed by atoms with E-state index in [-0.39, 0.29) is 5.95 Å². The highest BCUT2D eigenvalue weighted by Crippen LogP contribution is 2.33. The predicted molar refractivity (Wildman–Crippen MR) is 125 cm³/mol. The molecule has 0 amide bonds. The van der Waals surface area contributed by atoms with E-state index in [0.29, 0.717) is 17.0 Å². The van der Waals surface area contributed by atoms with Crippen LogP contribution in [0.2, 0.25) is 0 Å². The summed E-state index contributed by atoms with van der Waals surface area (Å²) in [5.74, 6) is 0.720. The monoisotopic (exact) mass is 483 g/mol. The molecule has 4 N–H and O–H groups in total. The number of fused-ring (bicyclic) bond motifs is 1. The molecule has 0 unspecified atom stereocenters. The molecule has 1 aromatic heterocycles. The maximum Gasteiger partial charge on any atom is 0.229 e. The van der Waals surface area contributed by atoms with Crippen LogP contribution in [0.1, 0.15) is 0 Å². The largest absolute Gasteiger partial charge is 0.368 e. The third kappa shape index (κ3) is 4.52. The zero-order chi connectivity index (χ0) is 21.3. The second-order valence-corrected chi connectivity index (χ2v) is 9.38. The van der Waals surface area contributed by atoms with Crippen molar-refractivity contribution in [3.05, 3.63) is 71.2 Å². The van der Waals surface area contributed by atoms with Crippen LogP contribution in [-0.2, 0) is 10.0 Å². The first-order chi connectivity index (χ1) is 14.3. The lowest BCUT2D eigenvalue weighted by atomic mass is 10.0. The number of nitrogens with two attached hydrogens (primary N) is 1. The molecular formula is C21H18BrN5O2S. The van der Waals surface area contributed by atoms with Gasteiger partial charge in [-0.25, -0.2) is 13.4 Å². The standard InChI is InChI=1S/C21H18BrN5O2S/c1-30(28,29)27-19-8-3-2-7-16(19)13-9-10-18-17(11-13)20(26-21(23)25-18)24-15-6-4-5-14(22)12-15/h2-12,27H,1H3,(H3,23,24,25,26). The number of nitrogens with zero attached hydrogens (tertiary/aromatic N) is 2. The lowest BCUT2D eigenvalue weighted by Gasteiger charge is -2.13.